The highest BCUT2D eigenvalue weighted by atomic mass is 32.2. The lowest BCUT2D eigenvalue weighted by Crippen LogP contribution is -2.24. The third-order valence-electron chi connectivity index (χ3n) is 2.85. The van der Waals surface area contributed by atoms with Gasteiger partial charge in [-0.1, -0.05) is 24.3 Å². The molecule has 0 aliphatic heterocycles. The SMILES string of the molecule is O=S(=O)(NCc1ccc(CO)cc1)c1cc(F)ccc1F. The number of hydrogen-bond acceptors (Lipinski definition) is 3. The van der Waals surface area contributed by atoms with Gasteiger partial charge in [0.2, 0.25) is 10.0 Å². The maximum Gasteiger partial charge on any atom is 0.243 e. The zero-order chi connectivity index (χ0) is 15.5. The quantitative estimate of drug-likeness (QED) is 0.886. The summed E-state index contributed by atoms with van der Waals surface area (Å²) in [6, 6.07) is 8.80. The molecule has 0 saturated carbocycles. The number of hydrogen-bond donors (Lipinski definition) is 2. The van der Waals surface area contributed by atoms with Crippen molar-refractivity contribution >= 4 is 10.0 Å². The number of aliphatic hydroxyl groups is 1. The topological polar surface area (TPSA) is 66.4 Å². The Hall–Kier alpha value is -1.83. The molecule has 2 rings (SSSR count). The van der Waals surface area contributed by atoms with Gasteiger partial charge in [0.25, 0.3) is 0 Å². The Kier molecular flexibility index (Phi) is 4.66. The van der Waals surface area contributed by atoms with Gasteiger partial charge in [-0.3, -0.25) is 0 Å². The Bertz CT molecular complexity index is 730. The molecule has 2 N–H and O–H groups in total. The number of halogens is 2. The lowest BCUT2D eigenvalue weighted by Gasteiger charge is -2.08. The Balaban J connectivity index is 2.15. The van der Waals surface area contributed by atoms with E-state index in [2.05, 4.69) is 4.72 Å². The first-order valence-corrected chi connectivity index (χ1v) is 7.54. The molecule has 0 aliphatic rings. The summed E-state index contributed by atoms with van der Waals surface area (Å²) in [5.74, 6) is -1.84. The molecule has 7 heteroatoms. The van der Waals surface area contributed by atoms with Gasteiger partial charge < -0.3 is 5.11 Å². The van der Waals surface area contributed by atoms with Crippen molar-refractivity contribution in [2.45, 2.75) is 18.0 Å². The molecular formula is C14H13F2NO3S. The van der Waals surface area contributed by atoms with Gasteiger partial charge in [-0.05, 0) is 29.3 Å². The van der Waals surface area contributed by atoms with Crippen LogP contribution < -0.4 is 4.72 Å². The van der Waals surface area contributed by atoms with Gasteiger partial charge in [0.1, 0.15) is 16.5 Å². The van der Waals surface area contributed by atoms with Crippen LogP contribution in [0.3, 0.4) is 0 Å². The fourth-order valence-corrected chi connectivity index (χ4v) is 2.81. The standard InChI is InChI=1S/C14H13F2NO3S/c15-12-5-6-13(16)14(7-12)21(19,20)17-8-10-1-3-11(9-18)4-2-10/h1-7,17-18H,8-9H2. The molecule has 0 aromatic heterocycles. The average Bonchev–Trinajstić information content (AvgIpc) is 2.48. The summed E-state index contributed by atoms with van der Waals surface area (Å²) in [6.07, 6.45) is 0. The van der Waals surface area contributed by atoms with E-state index < -0.39 is 26.6 Å². The van der Waals surface area contributed by atoms with Crippen LogP contribution in [0.5, 0.6) is 0 Å². The molecular weight excluding hydrogens is 300 g/mol. The summed E-state index contributed by atoms with van der Waals surface area (Å²) in [5.41, 5.74) is 1.32. The van der Waals surface area contributed by atoms with E-state index in [1.165, 1.54) is 0 Å². The second-order valence-corrected chi connectivity index (χ2v) is 6.11. The van der Waals surface area contributed by atoms with Gasteiger partial charge in [0.05, 0.1) is 6.61 Å². The minimum atomic E-state index is -4.14. The lowest BCUT2D eigenvalue weighted by atomic mass is 10.1. The van der Waals surface area contributed by atoms with Gasteiger partial charge >= 0.3 is 0 Å². The van der Waals surface area contributed by atoms with Gasteiger partial charge in [0, 0.05) is 6.54 Å². The van der Waals surface area contributed by atoms with E-state index in [-0.39, 0.29) is 13.2 Å². The van der Waals surface area contributed by atoms with E-state index >= 15 is 0 Å². The molecule has 112 valence electrons. The first-order chi connectivity index (χ1) is 9.92. The molecule has 0 bridgehead atoms. The smallest absolute Gasteiger partial charge is 0.243 e. The highest BCUT2D eigenvalue weighted by Gasteiger charge is 2.19. The summed E-state index contributed by atoms with van der Waals surface area (Å²) in [5, 5.41) is 8.90. The first-order valence-electron chi connectivity index (χ1n) is 6.06. The third kappa shape index (κ3) is 3.84. The number of sulfonamides is 1. The van der Waals surface area contributed by atoms with Gasteiger partial charge in [0.15, 0.2) is 0 Å². The molecule has 0 radical (unpaired) electrons. The molecule has 0 saturated heterocycles. The van der Waals surface area contributed by atoms with Crippen molar-refractivity contribution in [1.29, 1.82) is 0 Å². The molecule has 0 amide bonds. The Morgan fingerprint density at radius 2 is 1.62 bits per heavy atom. The van der Waals surface area contributed by atoms with E-state index in [0.717, 1.165) is 12.1 Å². The molecule has 2 aromatic rings. The van der Waals surface area contributed by atoms with Crippen molar-refractivity contribution in [3.05, 3.63) is 65.2 Å². The second kappa shape index (κ2) is 6.30. The maximum atomic E-state index is 13.5. The number of benzene rings is 2. The van der Waals surface area contributed by atoms with Crippen LogP contribution in [0.25, 0.3) is 0 Å². The number of aliphatic hydroxyl groups excluding tert-OH is 1. The van der Waals surface area contributed by atoms with Gasteiger partial charge in [-0.2, -0.15) is 0 Å². The van der Waals surface area contributed by atoms with E-state index in [1.54, 1.807) is 24.3 Å². The molecule has 0 fully saturated rings. The number of rotatable bonds is 5. The van der Waals surface area contributed by atoms with Crippen molar-refractivity contribution in [2.24, 2.45) is 0 Å². The Labute approximate surface area is 121 Å². The summed E-state index contributed by atoms with van der Waals surface area (Å²) in [6.45, 7) is -0.176. The van der Waals surface area contributed by atoms with Crippen molar-refractivity contribution < 1.29 is 22.3 Å². The van der Waals surface area contributed by atoms with Crippen molar-refractivity contribution in [2.75, 3.05) is 0 Å². The van der Waals surface area contributed by atoms with Crippen molar-refractivity contribution in [3.63, 3.8) is 0 Å². The fourth-order valence-electron chi connectivity index (χ4n) is 1.70. The zero-order valence-electron chi connectivity index (χ0n) is 10.9. The predicted molar refractivity (Wildman–Crippen MR) is 72.7 cm³/mol. The van der Waals surface area contributed by atoms with Gasteiger partial charge in [-0.15, -0.1) is 0 Å². The Morgan fingerprint density at radius 3 is 2.24 bits per heavy atom. The normalized spacial score (nSPS) is 11.6. The average molecular weight is 313 g/mol. The van der Waals surface area contributed by atoms with Crippen LogP contribution in [-0.4, -0.2) is 13.5 Å². The molecule has 0 spiro atoms. The van der Waals surface area contributed by atoms with Crippen LogP contribution in [0.15, 0.2) is 47.4 Å². The van der Waals surface area contributed by atoms with Crippen LogP contribution in [0.1, 0.15) is 11.1 Å². The summed E-state index contributed by atoms with van der Waals surface area (Å²) >= 11 is 0. The van der Waals surface area contributed by atoms with Crippen LogP contribution in [0.4, 0.5) is 8.78 Å². The number of nitrogens with one attached hydrogen (secondary N) is 1. The fraction of sp³-hybridized carbons (Fsp3) is 0.143. The van der Waals surface area contributed by atoms with Crippen LogP contribution in [0.2, 0.25) is 0 Å². The van der Waals surface area contributed by atoms with Crippen molar-refractivity contribution in [3.8, 4) is 0 Å². The van der Waals surface area contributed by atoms with Crippen LogP contribution in [-0.2, 0) is 23.2 Å². The lowest BCUT2D eigenvalue weighted by molar-refractivity contribution is 0.282. The molecule has 0 atom stereocenters. The third-order valence-corrected chi connectivity index (χ3v) is 4.27. The predicted octanol–water partition coefficient (Wildman–Crippen LogP) is 1.94. The molecule has 4 nitrogen and oxygen atoms in total. The summed E-state index contributed by atoms with van der Waals surface area (Å²) in [4.78, 5) is -0.727. The highest BCUT2D eigenvalue weighted by Crippen LogP contribution is 2.16. The van der Waals surface area contributed by atoms with E-state index in [9.17, 15) is 17.2 Å². The largest absolute Gasteiger partial charge is 0.392 e. The first kappa shape index (κ1) is 15.6. The molecule has 0 unspecified atom stereocenters. The van der Waals surface area contributed by atoms with Crippen LogP contribution in [0, 0.1) is 11.6 Å². The maximum absolute atomic E-state index is 13.5. The summed E-state index contributed by atoms with van der Waals surface area (Å²) < 4.78 is 52.6. The second-order valence-electron chi connectivity index (χ2n) is 4.37. The molecule has 2 aromatic carbocycles. The monoisotopic (exact) mass is 313 g/mol. The zero-order valence-corrected chi connectivity index (χ0v) is 11.7. The minimum absolute atomic E-state index is 0.0655. The molecule has 21 heavy (non-hydrogen) atoms. The van der Waals surface area contributed by atoms with Crippen molar-refractivity contribution in [1.82, 2.24) is 4.72 Å². The molecule has 0 heterocycles. The molecule has 0 aliphatic carbocycles. The summed E-state index contributed by atoms with van der Waals surface area (Å²) in [7, 11) is -4.14. The van der Waals surface area contributed by atoms with E-state index in [0.29, 0.717) is 17.2 Å². The minimum Gasteiger partial charge on any atom is -0.392 e. The van der Waals surface area contributed by atoms with Gasteiger partial charge in [-0.25, -0.2) is 21.9 Å². The van der Waals surface area contributed by atoms with Crippen LogP contribution >= 0.6 is 0 Å². The van der Waals surface area contributed by atoms with E-state index in [4.69, 9.17) is 5.11 Å². The highest BCUT2D eigenvalue weighted by molar-refractivity contribution is 7.89. The Morgan fingerprint density at radius 1 is 1.00 bits per heavy atom. The van der Waals surface area contributed by atoms with E-state index in [1.807, 2.05) is 0 Å².